The second-order valence-corrected chi connectivity index (χ2v) is 5.86. The van der Waals surface area contributed by atoms with E-state index in [9.17, 15) is 4.79 Å². The molecular formula is C17H20N4O3. The molecule has 3 rings (SSSR count). The molecule has 1 aliphatic heterocycles. The van der Waals surface area contributed by atoms with Crippen LogP contribution in [0.2, 0.25) is 0 Å². The normalized spacial score (nSPS) is 20.7. The van der Waals surface area contributed by atoms with Crippen molar-refractivity contribution in [3.8, 4) is 17.3 Å². The lowest BCUT2D eigenvalue weighted by molar-refractivity contribution is -0.00527. The van der Waals surface area contributed by atoms with Crippen molar-refractivity contribution in [3.63, 3.8) is 0 Å². The molecule has 2 aromatic rings. The quantitative estimate of drug-likeness (QED) is 0.794. The molecule has 0 amide bonds. The van der Waals surface area contributed by atoms with Gasteiger partial charge in [-0.25, -0.2) is 4.98 Å². The van der Waals surface area contributed by atoms with Gasteiger partial charge in [0.2, 0.25) is 5.88 Å². The lowest BCUT2D eigenvalue weighted by atomic mass is 10.1. The second kappa shape index (κ2) is 6.92. The average molecular weight is 328 g/mol. The van der Waals surface area contributed by atoms with E-state index in [2.05, 4.69) is 19.9 Å². The molecule has 0 aliphatic carbocycles. The number of aromatic nitrogens is 3. The maximum Gasteiger partial charge on any atom is 0.232 e. The van der Waals surface area contributed by atoms with E-state index in [0.717, 1.165) is 25.1 Å². The Hall–Kier alpha value is -2.54. The summed E-state index contributed by atoms with van der Waals surface area (Å²) in [4.78, 5) is 26.6. The lowest BCUT2D eigenvalue weighted by Gasteiger charge is -2.37. The molecule has 0 radical (unpaired) electrons. The molecule has 24 heavy (non-hydrogen) atoms. The Balaban J connectivity index is 1.94. The van der Waals surface area contributed by atoms with E-state index in [-0.39, 0.29) is 12.2 Å². The monoisotopic (exact) mass is 328 g/mol. The Morgan fingerprint density at radius 2 is 1.96 bits per heavy atom. The van der Waals surface area contributed by atoms with E-state index in [4.69, 9.17) is 9.47 Å². The number of carbonyl (C=O) groups is 1. The number of hydrogen-bond donors (Lipinski definition) is 0. The van der Waals surface area contributed by atoms with Crippen LogP contribution in [0.4, 0.5) is 5.69 Å². The third-order valence-corrected chi connectivity index (χ3v) is 3.89. The fraction of sp³-hybridized carbons (Fsp3) is 0.412. The van der Waals surface area contributed by atoms with E-state index in [1.165, 1.54) is 13.3 Å². The molecule has 2 unspecified atom stereocenters. The van der Waals surface area contributed by atoms with Crippen LogP contribution in [0.1, 0.15) is 24.2 Å². The number of rotatable bonds is 4. The Morgan fingerprint density at radius 3 is 2.62 bits per heavy atom. The summed E-state index contributed by atoms with van der Waals surface area (Å²) in [6.45, 7) is 5.50. The largest absolute Gasteiger partial charge is 0.480 e. The molecule has 2 atom stereocenters. The number of hydrogen-bond acceptors (Lipinski definition) is 7. The van der Waals surface area contributed by atoms with Crippen molar-refractivity contribution < 1.29 is 14.3 Å². The fourth-order valence-electron chi connectivity index (χ4n) is 2.91. The van der Waals surface area contributed by atoms with Gasteiger partial charge in [-0.2, -0.15) is 0 Å². The summed E-state index contributed by atoms with van der Waals surface area (Å²) in [5, 5.41) is 0. The number of anilines is 1. The number of aldehydes is 1. The summed E-state index contributed by atoms with van der Waals surface area (Å²) >= 11 is 0. The highest BCUT2D eigenvalue weighted by molar-refractivity contribution is 5.86. The van der Waals surface area contributed by atoms with E-state index in [0.29, 0.717) is 22.8 Å². The van der Waals surface area contributed by atoms with Crippen molar-refractivity contribution in [2.45, 2.75) is 26.1 Å². The topological polar surface area (TPSA) is 77.4 Å². The summed E-state index contributed by atoms with van der Waals surface area (Å²) in [6, 6.07) is 1.73. The van der Waals surface area contributed by atoms with E-state index >= 15 is 0 Å². The van der Waals surface area contributed by atoms with Gasteiger partial charge in [-0.1, -0.05) is 0 Å². The van der Waals surface area contributed by atoms with Gasteiger partial charge in [-0.05, 0) is 19.9 Å². The number of morpholine rings is 1. The van der Waals surface area contributed by atoms with Gasteiger partial charge in [0.05, 0.1) is 49.3 Å². The molecule has 0 N–H and O–H groups in total. The molecule has 7 nitrogen and oxygen atoms in total. The predicted molar refractivity (Wildman–Crippen MR) is 89.4 cm³/mol. The molecule has 2 aromatic heterocycles. The Bertz CT molecular complexity index is 728. The second-order valence-electron chi connectivity index (χ2n) is 5.86. The average Bonchev–Trinajstić information content (AvgIpc) is 2.60. The molecule has 1 fully saturated rings. The van der Waals surface area contributed by atoms with Crippen LogP contribution < -0.4 is 9.64 Å². The van der Waals surface area contributed by atoms with Crippen molar-refractivity contribution in [2.75, 3.05) is 25.1 Å². The SMILES string of the molecule is COc1cncc(-c2cc(C=O)c(N3CC(C)OC(C)C3)cn2)n1. The molecule has 0 spiro atoms. The first-order chi connectivity index (χ1) is 11.6. The number of methoxy groups -OCH3 is 1. The predicted octanol–water partition coefficient (Wildman–Crippen LogP) is 1.97. The Kier molecular flexibility index (Phi) is 4.71. The number of pyridine rings is 1. The van der Waals surface area contributed by atoms with Gasteiger partial charge in [0.25, 0.3) is 0 Å². The van der Waals surface area contributed by atoms with Crippen LogP contribution >= 0.6 is 0 Å². The van der Waals surface area contributed by atoms with Crippen LogP contribution in [-0.4, -0.2) is 53.6 Å². The van der Waals surface area contributed by atoms with E-state index < -0.39 is 0 Å². The van der Waals surface area contributed by atoms with Crippen molar-refractivity contribution in [1.82, 2.24) is 15.0 Å². The molecule has 126 valence electrons. The highest BCUT2D eigenvalue weighted by atomic mass is 16.5. The third kappa shape index (κ3) is 3.35. The summed E-state index contributed by atoms with van der Waals surface area (Å²) < 4.78 is 10.8. The molecule has 0 bridgehead atoms. The van der Waals surface area contributed by atoms with Crippen molar-refractivity contribution >= 4 is 12.0 Å². The molecule has 3 heterocycles. The highest BCUT2D eigenvalue weighted by Crippen LogP contribution is 2.26. The minimum absolute atomic E-state index is 0.108. The number of nitrogens with zero attached hydrogens (tertiary/aromatic N) is 4. The molecule has 7 heteroatoms. The first-order valence-corrected chi connectivity index (χ1v) is 7.82. The molecular weight excluding hydrogens is 308 g/mol. The summed E-state index contributed by atoms with van der Waals surface area (Å²) in [5.74, 6) is 0.404. The first-order valence-electron chi connectivity index (χ1n) is 7.82. The summed E-state index contributed by atoms with van der Waals surface area (Å²) in [7, 11) is 1.53. The zero-order valence-electron chi connectivity index (χ0n) is 14.0. The van der Waals surface area contributed by atoms with Crippen LogP contribution in [0.5, 0.6) is 5.88 Å². The molecule has 0 aromatic carbocycles. The van der Waals surface area contributed by atoms with E-state index in [1.807, 2.05) is 13.8 Å². The summed E-state index contributed by atoms with van der Waals surface area (Å²) in [5.41, 5.74) is 2.53. The Labute approximate surface area is 140 Å². The first kappa shape index (κ1) is 16.3. The zero-order valence-corrected chi connectivity index (χ0v) is 14.0. The Morgan fingerprint density at radius 1 is 1.21 bits per heavy atom. The number of carbonyl (C=O) groups excluding carboxylic acids is 1. The maximum atomic E-state index is 11.6. The summed E-state index contributed by atoms with van der Waals surface area (Å²) in [6.07, 6.45) is 5.89. The van der Waals surface area contributed by atoms with Gasteiger partial charge in [-0.3, -0.25) is 14.8 Å². The van der Waals surface area contributed by atoms with Crippen LogP contribution in [0.3, 0.4) is 0 Å². The van der Waals surface area contributed by atoms with Crippen molar-refractivity contribution in [1.29, 1.82) is 0 Å². The van der Waals surface area contributed by atoms with Gasteiger partial charge in [-0.15, -0.1) is 0 Å². The minimum atomic E-state index is 0.108. The molecule has 0 saturated carbocycles. The van der Waals surface area contributed by atoms with Crippen LogP contribution in [0.15, 0.2) is 24.7 Å². The van der Waals surface area contributed by atoms with Gasteiger partial charge >= 0.3 is 0 Å². The van der Waals surface area contributed by atoms with Gasteiger partial charge in [0, 0.05) is 18.7 Å². The zero-order chi connectivity index (χ0) is 17.1. The number of ether oxygens (including phenoxy) is 2. The minimum Gasteiger partial charge on any atom is -0.480 e. The maximum absolute atomic E-state index is 11.6. The van der Waals surface area contributed by atoms with Crippen molar-refractivity contribution in [2.24, 2.45) is 0 Å². The van der Waals surface area contributed by atoms with Gasteiger partial charge < -0.3 is 14.4 Å². The molecule has 1 aliphatic rings. The van der Waals surface area contributed by atoms with Gasteiger partial charge in [0.15, 0.2) is 6.29 Å². The van der Waals surface area contributed by atoms with Crippen LogP contribution in [-0.2, 0) is 4.74 Å². The fourth-order valence-corrected chi connectivity index (χ4v) is 2.91. The van der Waals surface area contributed by atoms with E-state index in [1.54, 1.807) is 18.5 Å². The van der Waals surface area contributed by atoms with Crippen molar-refractivity contribution in [3.05, 3.63) is 30.2 Å². The van der Waals surface area contributed by atoms with Gasteiger partial charge in [0.1, 0.15) is 5.69 Å². The highest BCUT2D eigenvalue weighted by Gasteiger charge is 2.24. The molecule has 1 saturated heterocycles. The third-order valence-electron chi connectivity index (χ3n) is 3.89. The standard InChI is InChI=1S/C17H20N4O3/c1-11-8-21(9-12(2)24-11)16-6-19-14(4-13(16)10-22)15-5-18-7-17(20-15)23-3/h4-7,10-12H,8-9H2,1-3H3. The van der Waals surface area contributed by atoms with Crippen LogP contribution in [0, 0.1) is 0 Å². The smallest absolute Gasteiger partial charge is 0.232 e. The van der Waals surface area contributed by atoms with Crippen LogP contribution in [0.25, 0.3) is 11.4 Å². The lowest BCUT2D eigenvalue weighted by Crippen LogP contribution is -2.45.